The van der Waals surface area contributed by atoms with Crippen LogP contribution in [0.1, 0.15) is 212 Å². The van der Waals surface area contributed by atoms with Gasteiger partial charge in [0.2, 0.25) is 0 Å². The van der Waals surface area contributed by atoms with Crippen molar-refractivity contribution in [3.63, 3.8) is 0 Å². The Morgan fingerprint density at radius 3 is 1.16 bits per heavy atom. The molecule has 1 aromatic carbocycles. The SMILES string of the molecule is CCCCCCCCC=CCCCCCCCCC(O)(CCCCCCCCC=CCCCCCCCC)C(O)C(O)Cc1ccccc1. The fourth-order valence-electron chi connectivity index (χ4n) is 7.10. The summed E-state index contributed by atoms with van der Waals surface area (Å²) >= 11 is 0. The monoisotopic (exact) mass is 683 g/mol. The highest BCUT2D eigenvalue weighted by Gasteiger charge is 2.38. The summed E-state index contributed by atoms with van der Waals surface area (Å²) in [4.78, 5) is 0. The topological polar surface area (TPSA) is 60.7 Å². The average Bonchev–Trinajstić information content (AvgIpc) is 3.11. The van der Waals surface area contributed by atoms with E-state index in [-0.39, 0.29) is 0 Å². The van der Waals surface area contributed by atoms with E-state index < -0.39 is 17.8 Å². The molecule has 0 radical (unpaired) electrons. The Kier molecular flexibility index (Phi) is 31.4. The van der Waals surface area contributed by atoms with E-state index in [1.807, 2.05) is 30.3 Å². The van der Waals surface area contributed by atoms with Gasteiger partial charge in [-0.15, -0.1) is 0 Å². The second kappa shape index (κ2) is 33.7. The van der Waals surface area contributed by atoms with Gasteiger partial charge in [-0.1, -0.05) is 197 Å². The van der Waals surface area contributed by atoms with Crippen molar-refractivity contribution >= 4 is 0 Å². The number of benzene rings is 1. The number of allylic oxidation sites excluding steroid dienone is 4. The van der Waals surface area contributed by atoms with E-state index in [2.05, 4.69) is 38.2 Å². The summed E-state index contributed by atoms with van der Waals surface area (Å²) in [6.45, 7) is 4.55. The van der Waals surface area contributed by atoms with Crippen molar-refractivity contribution in [2.45, 2.75) is 231 Å². The molecule has 49 heavy (non-hydrogen) atoms. The molecule has 0 aliphatic carbocycles. The van der Waals surface area contributed by atoms with Crippen LogP contribution in [0, 0.1) is 0 Å². The molecule has 2 atom stereocenters. The smallest absolute Gasteiger partial charge is 0.109 e. The lowest BCUT2D eigenvalue weighted by Crippen LogP contribution is -2.49. The molecule has 0 aromatic heterocycles. The summed E-state index contributed by atoms with van der Waals surface area (Å²) in [6.07, 6.45) is 44.0. The third kappa shape index (κ3) is 27.0. The van der Waals surface area contributed by atoms with E-state index in [1.165, 1.54) is 154 Å². The Morgan fingerprint density at radius 2 is 0.796 bits per heavy atom. The average molecular weight is 683 g/mol. The van der Waals surface area contributed by atoms with Gasteiger partial charge in [0.1, 0.15) is 6.10 Å². The zero-order valence-corrected chi connectivity index (χ0v) is 32.6. The second-order valence-electron chi connectivity index (χ2n) is 15.2. The molecule has 3 N–H and O–H groups in total. The molecule has 0 spiro atoms. The van der Waals surface area contributed by atoms with Crippen molar-refractivity contribution in [3.8, 4) is 0 Å². The van der Waals surface area contributed by atoms with Gasteiger partial charge in [0.15, 0.2) is 0 Å². The fraction of sp³-hybridized carbons (Fsp3) is 0.783. The maximum atomic E-state index is 11.7. The standard InChI is InChI=1S/C46H82O3/c1-3-5-7-9-11-13-15-17-19-21-23-25-27-29-31-36-40-46(49,45(48)44(47)42-43-38-34-33-35-39-43)41-37-32-30-28-26-24-22-20-18-16-14-12-10-8-6-4-2/h17-20,33-35,38-39,44-45,47-49H,3-16,21-32,36-37,40-42H2,1-2H3. The summed E-state index contributed by atoms with van der Waals surface area (Å²) in [6, 6.07) is 9.84. The molecule has 0 aliphatic heterocycles. The lowest BCUT2D eigenvalue weighted by molar-refractivity contribution is -0.134. The van der Waals surface area contributed by atoms with Gasteiger partial charge >= 0.3 is 0 Å². The molecule has 1 rings (SSSR count). The van der Waals surface area contributed by atoms with Crippen molar-refractivity contribution < 1.29 is 15.3 Å². The first kappa shape index (κ1) is 45.6. The van der Waals surface area contributed by atoms with E-state index in [1.54, 1.807) is 0 Å². The Balaban J connectivity index is 2.28. The molecule has 0 saturated carbocycles. The normalized spacial score (nSPS) is 14.6. The van der Waals surface area contributed by atoms with Crippen LogP contribution in [0.25, 0.3) is 0 Å². The third-order valence-electron chi connectivity index (χ3n) is 10.4. The van der Waals surface area contributed by atoms with E-state index in [0.717, 1.165) is 31.2 Å². The molecule has 0 aliphatic rings. The van der Waals surface area contributed by atoms with Crippen molar-refractivity contribution in [2.24, 2.45) is 0 Å². The Bertz CT molecular complexity index is 820. The number of aliphatic hydroxyl groups excluding tert-OH is 2. The zero-order valence-electron chi connectivity index (χ0n) is 32.6. The highest BCUT2D eigenvalue weighted by molar-refractivity contribution is 5.16. The minimum absolute atomic E-state index is 0.366. The first-order chi connectivity index (χ1) is 24.0. The minimum atomic E-state index is -1.23. The zero-order chi connectivity index (χ0) is 35.5. The van der Waals surface area contributed by atoms with Crippen LogP contribution < -0.4 is 0 Å². The van der Waals surface area contributed by atoms with Gasteiger partial charge in [0.25, 0.3) is 0 Å². The van der Waals surface area contributed by atoms with Crippen molar-refractivity contribution in [3.05, 3.63) is 60.2 Å². The molecule has 3 heteroatoms. The predicted octanol–water partition coefficient (Wildman–Crippen LogP) is 13.5. The van der Waals surface area contributed by atoms with Crippen LogP contribution in [0.2, 0.25) is 0 Å². The number of hydrogen-bond acceptors (Lipinski definition) is 3. The molecule has 0 fully saturated rings. The highest BCUT2D eigenvalue weighted by Crippen LogP contribution is 2.30. The number of aliphatic hydroxyl groups is 3. The summed E-state index contributed by atoms with van der Waals surface area (Å²) < 4.78 is 0. The van der Waals surface area contributed by atoms with Gasteiger partial charge in [0, 0.05) is 6.42 Å². The Labute approximate surface area is 305 Å². The van der Waals surface area contributed by atoms with Crippen LogP contribution in [-0.2, 0) is 6.42 Å². The number of hydrogen-bond donors (Lipinski definition) is 3. The third-order valence-corrected chi connectivity index (χ3v) is 10.4. The molecule has 0 heterocycles. The molecule has 284 valence electrons. The first-order valence-electron chi connectivity index (χ1n) is 21.5. The molecule has 0 saturated heterocycles. The van der Waals surface area contributed by atoms with Crippen molar-refractivity contribution in [1.82, 2.24) is 0 Å². The molecular formula is C46H82O3. The van der Waals surface area contributed by atoms with E-state index in [9.17, 15) is 15.3 Å². The van der Waals surface area contributed by atoms with E-state index >= 15 is 0 Å². The van der Waals surface area contributed by atoms with Crippen LogP contribution in [0.4, 0.5) is 0 Å². The van der Waals surface area contributed by atoms with Crippen LogP contribution >= 0.6 is 0 Å². The Hall–Kier alpha value is -1.42. The minimum Gasteiger partial charge on any atom is -0.390 e. The van der Waals surface area contributed by atoms with Gasteiger partial charge in [-0.3, -0.25) is 0 Å². The largest absolute Gasteiger partial charge is 0.390 e. The van der Waals surface area contributed by atoms with Gasteiger partial charge < -0.3 is 15.3 Å². The van der Waals surface area contributed by atoms with Crippen LogP contribution in [0.3, 0.4) is 0 Å². The summed E-state index contributed by atoms with van der Waals surface area (Å²) in [5, 5.41) is 33.9. The first-order valence-corrected chi connectivity index (χ1v) is 21.5. The van der Waals surface area contributed by atoms with Crippen molar-refractivity contribution in [2.75, 3.05) is 0 Å². The summed E-state index contributed by atoms with van der Waals surface area (Å²) in [7, 11) is 0. The van der Waals surface area contributed by atoms with Gasteiger partial charge in [0.05, 0.1) is 11.7 Å². The quantitative estimate of drug-likeness (QED) is 0.0488. The van der Waals surface area contributed by atoms with Gasteiger partial charge in [-0.25, -0.2) is 0 Å². The summed E-state index contributed by atoms with van der Waals surface area (Å²) in [5.74, 6) is 0. The van der Waals surface area contributed by atoms with Crippen LogP contribution in [0.15, 0.2) is 54.6 Å². The van der Waals surface area contributed by atoms with Crippen LogP contribution in [-0.4, -0.2) is 33.1 Å². The second-order valence-corrected chi connectivity index (χ2v) is 15.2. The highest BCUT2D eigenvalue weighted by atomic mass is 16.4. The van der Waals surface area contributed by atoms with E-state index in [4.69, 9.17) is 0 Å². The molecule has 0 amide bonds. The van der Waals surface area contributed by atoms with Crippen LogP contribution in [0.5, 0.6) is 0 Å². The van der Waals surface area contributed by atoms with E-state index in [0.29, 0.717) is 19.3 Å². The molecule has 0 bridgehead atoms. The number of rotatable bonds is 36. The molecule has 2 unspecified atom stereocenters. The lowest BCUT2D eigenvalue weighted by atomic mass is 9.81. The van der Waals surface area contributed by atoms with Gasteiger partial charge in [-0.05, 0) is 69.8 Å². The fourth-order valence-corrected chi connectivity index (χ4v) is 7.10. The van der Waals surface area contributed by atoms with Crippen molar-refractivity contribution in [1.29, 1.82) is 0 Å². The Morgan fingerprint density at radius 1 is 0.469 bits per heavy atom. The summed E-state index contributed by atoms with van der Waals surface area (Å²) in [5.41, 5.74) is -0.235. The maximum absolute atomic E-state index is 11.7. The maximum Gasteiger partial charge on any atom is 0.109 e. The predicted molar refractivity (Wildman–Crippen MR) is 215 cm³/mol. The molecule has 3 nitrogen and oxygen atoms in total. The van der Waals surface area contributed by atoms with Gasteiger partial charge in [-0.2, -0.15) is 0 Å². The molecule has 1 aromatic rings. The molecular weight excluding hydrogens is 601 g/mol. The number of unbranched alkanes of at least 4 members (excludes halogenated alkanes) is 24. The lowest BCUT2D eigenvalue weighted by Gasteiger charge is -2.36.